The molecule has 3 aromatic rings. The normalized spacial score (nSPS) is 17.1. The van der Waals surface area contributed by atoms with Crippen molar-refractivity contribution in [2.24, 2.45) is 0 Å². The van der Waals surface area contributed by atoms with Crippen molar-refractivity contribution >= 4 is 10.9 Å². The Morgan fingerprint density at radius 3 is 2.36 bits per heavy atom. The van der Waals surface area contributed by atoms with Crippen molar-refractivity contribution in [3.05, 3.63) is 72.4 Å². The van der Waals surface area contributed by atoms with Gasteiger partial charge < -0.3 is 4.57 Å². The lowest BCUT2D eigenvalue weighted by molar-refractivity contribution is 0.181. The summed E-state index contributed by atoms with van der Waals surface area (Å²) in [6.45, 7) is 3.46. The Hall–Kier alpha value is -2.06. The predicted octanol–water partition coefficient (Wildman–Crippen LogP) is 4.48. The summed E-state index contributed by atoms with van der Waals surface area (Å²) >= 11 is 0. The smallest absolute Gasteiger partial charge is 0.0482 e. The Bertz CT molecular complexity index is 737. The quantitative estimate of drug-likeness (QED) is 0.690. The van der Waals surface area contributed by atoms with E-state index in [-0.39, 0.29) is 0 Å². The second kappa shape index (κ2) is 5.98. The van der Waals surface area contributed by atoms with Gasteiger partial charge in [0.25, 0.3) is 0 Å². The first-order valence-corrected chi connectivity index (χ1v) is 8.22. The van der Waals surface area contributed by atoms with Crippen molar-refractivity contribution in [2.45, 2.75) is 25.4 Å². The summed E-state index contributed by atoms with van der Waals surface area (Å²) in [7, 11) is 0. The molecule has 0 aliphatic carbocycles. The van der Waals surface area contributed by atoms with Crippen LogP contribution in [0.15, 0.2) is 66.9 Å². The number of hydrogen-bond acceptors (Lipinski definition) is 1. The summed E-state index contributed by atoms with van der Waals surface area (Å²) in [5.74, 6) is 0. The van der Waals surface area contributed by atoms with Crippen LogP contribution in [-0.2, 0) is 6.54 Å². The molecular weight excluding hydrogens is 268 g/mol. The predicted molar refractivity (Wildman–Crippen MR) is 91.9 cm³/mol. The number of hydrogen-bond donors (Lipinski definition) is 0. The number of rotatable bonds is 3. The summed E-state index contributed by atoms with van der Waals surface area (Å²) in [5, 5.41) is 1.36. The van der Waals surface area contributed by atoms with Gasteiger partial charge in [0.15, 0.2) is 0 Å². The summed E-state index contributed by atoms with van der Waals surface area (Å²) in [5.41, 5.74) is 2.80. The molecule has 112 valence electrons. The maximum atomic E-state index is 2.58. The molecule has 2 aromatic carbocycles. The number of nitrogens with zero attached hydrogens (tertiary/aromatic N) is 2. The van der Waals surface area contributed by atoms with E-state index in [2.05, 4.69) is 76.3 Å². The first kappa shape index (κ1) is 13.6. The minimum absolute atomic E-state index is 0.645. The molecule has 2 heterocycles. The molecule has 0 bridgehead atoms. The molecule has 0 unspecified atom stereocenters. The van der Waals surface area contributed by atoms with Crippen molar-refractivity contribution in [3.8, 4) is 0 Å². The van der Waals surface area contributed by atoms with Gasteiger partial charge in [0.1, 0.15) is 0 Å². The topological polar surface area (TPSA) is 8.17 Å². The molecule has 0 radical (unpaired) electrons. The third-order valence-electron chi connectivity index (χ3n) is 4.83. The van der Waals surface area contributed by atoms with E-state index in [4.69, 9.17) is 0 Å². The number of benzene rings is 2. The van der Waals surface area contributed by atoms with Gasteiger partial charge in [-0.3, -0.25) is 4.90 Å². The highest BCUT2D eigenvalue weighted by molar-refractivity contribution is 5.80. The van der Waals surface area contributed by atoms with Gasteiger partial charge in [0, 0.05) is 37.4 Å². The van der Waals surface area contributed by atoms with E-state index in [1.165, 1.54) is 42.4 Å². The Morgan fingerprint density at radius 1 is 0.818 bits per heavy atom. The molecule has 0 atom stereocenters. The van der Waals surface area contributed by atoms with Crippen LogP contribution < -0.4 is 0 Å². The Balaban J connectivity index is 1.43. The molecule has 1 aromatic heterocycles. The first-order valence-electron chi connectivity index (χ1n) is 8.22. The van der Waals surface area contributed by atoms with Crippen LogP contribution in [0.3, 0.4) is 0 Å². The molecule has 0 N–H and O–H groups in total. The summed E-state index contributed by atoms with van der Waals surface area (Å²) in [6, 6.07) is 22.4. The van der Waals surface area contributed by atoms with E-state index < -0.39 is 0 Å². The largest absolute Gasteiger partial charge is 0.344 e. The van der Waals surface area contributed by atoms with Gasteiger partial charge in [-0.05, 0) is 35.9 Å². The van der Waals surface area contributed by atoms with Crippen molar-refractivity contribution in [1.82, 2.24) is 9.47 Å². The highest BCUT2D eigenvalue weighted by Crippen LogP contribution is 2.28. The third-order valence-corrected chi connectivity index (χ3v) is 4.83. The standard InChI is InChI=1S/C20H22N2/c1-2-6-17(7-3-1)16-21-13-11-19(12-14-21)22-15-10-18-8-4-5-9-20(18)22/h1-10,15,19H,11-14,16H2. The molecule has 4 rings (SSSR count). The molecule has 0 saturated carbocycles. The van der Waals surface area contributed by atoms with Crippen LogP contribution in [0.25, 0.3) is 10.9 Å². The maximum Gasteiger partial charge on any atom is 0.0482 e. The number of para-hydroxylation sites is 1. The van der Waals surface area contributed by atoms with Crippen LogP contribution in [0.5, 0.6) is 0 Å². The minimum Gasteiger partial charge on any atom is -0.344 e. The lowest BCUT2D eigenvalue weighted by Crippen LogP contribution is -2.34. The van der Waals surface area contributed by atoms with Gasteiger partial charge >= 0.3 is 0 Å². The summed E-state index contributed by atoms with van der Waals surface area (Å²) in [6.07, 6.45) is 4.75. The maximum absolute atomic E-state index is 2.58. The Morgan fingerprint density at radius 2 is 1.55 bits per heavy atom. The fraction of sp³-hybridized carbons (Fsp3) is 0.300. The molecule has 22 heavy (non-hydrogen) atoms. The molecule has 0 spiro atoms. The highest BCUT2D eigenvalue weighted by atomic mass is 15.1. The average molecular weight is 290 g/mol. The van der Waals surface area contributed by atoms with E-state index in [1.807, 2.05) is 0 Å². The monoisotopic (exact) mass is 290 g/mol. The molecule has 1 saturated heterocycles. The van der Waals surface area contributed by atoms with E-state index >= 15 is 0 Å². The Labute approximate surface area is 132 Å². The van der Waals surface area contributed by atoms with Gasteiger partial charge in [-0.1, -0.05) is 48.5 Å². The van der Waals surface area contributed by atoms with Crippen LogP contribution in [0.1, 0.15) is 24.4 Å². The van der Waals surface area contributed by atoms with Crippen LogP contribution in [-0.4, -0.2) is 22.6 Å². The van der Waals surface area contributed by atoms with E-state index in [9.17, 15) is 0 Å². The van der Waals surface area contributed by atoms with Crippen molar-refractivity contribution < 1.29 is 0 Å². The van der Waals surface area contributed by atoms with Crippen LogP contribution in [0, 0.1) is 0 Å². The van der Waals surface area contributed by atoms with Crippen molar-refractivity contribution in [3.63, 3.8) is 0 Å². The van der Waals surface area contributed by atoms with Crippen LogP contribution in [0.2, 0.25) is 0 Å². The number of likely N-dealkylation sites (tertiary alicyclic amines) is 1. The summed E-state index contributed by atoms with van der Waals surface area (Å²) in [4.78, 5) is 2.58. The molecule has 1 aliphatic heterocycles. The fourth-order valence-electron chi connectivity index (χ4n) is 3.62. The number of fused-ring (bicyclic) bond motifs is 1. The van der Waals surface area contributed by atoms with E-state index in [1.54, 1.807) is 0 Å². The minimum atomic E-state index is 0.645. The number of piperidine rings is 1. The SMILES string of the molecule is c1ccc(CN2CCC(n3ccc4ccccc43)CC2)cc1. The van der Waals surface area contributed by atoms with Gasteiger partial charge in [-0.25, -0.2) is 0 Å². The zero-order valence-electron chi connectivity index (χ0n) is 12.9. The fourth-order valence-corrected chi connectivity index (χ4v) is 3.62. The van der Waals surface area contributed by atoms with Gasteiger partial charge in [0.05, 0.1) is 0 Å². The Kier molecular flexibility index (Phi) is 3.69. The van der Waals surface area contributed by atoms with Crippen molar-refractivity contribution in [1.29, 1.82) is 0 Å². The lowest BCUT2D eigenvalue weighted by Gasteiger charge is -2.33. The van der Waals surface area contributed by atoms with Crippen LogP contribution >= 0.6 is 0 Å². The van der Waals surface area contributed by atoms with Gasteiger partial charge in [-0.2, -0.15) is 0 Å². The summed E-state index contributed by atoms with van der Waals surface area (Å²) < 4.78 is 2.48. The zero-order chi connectivity index (χ0) is 14.8. The molecule has 1 fully saturated rings. The molecule has 1 aliphatic rings. The average Bonchev–Trinajstić information content (AvgIpc) is 3.01. The molecule has 0 amide bonds. The van der Waals surface area contributed by atoms with Gasteiger partial charge in [-0.15, -0.1) is 0 Å². The van der Waals surface area contributed by atoms with Crippen molar-refractivity contribution in [2.75, 3.05) is 13.1 Å². The van der Waals surface area contributed by atoms with Gasteiger partial charge in [0.2, 0.25) is 0 Å². The lowest BCUT2D eigenvalue weighted by atomic mass is 10.0. The van der Waals surface area contributed by atoms with E-state index in [0.29, 0.717) is 6.04 Å². The number of aromatic nitrogens is 1. The molecule has 2 heteroatoms. The van der Waals surface area contributed by atoms with Crippen LogP contribution in [0.4, 0.5) is 0 Å². The highest BCUT2D eigenvalue weighted by Gasteiger charge is 2.21. The first-order chi connectivity index (χ1) is 10.9. The van der Waals surface area contributed by atoms with E-state index in [0.717, 1.165) is 6.54 Å². The molecule has 2 nitrogen and oxygen atoms in total. The second-order valence-corrected chi connectivity index (χ2v) is 6.27. The third kappa shape index (κ3) is 2.67. The molecular formula is C20H22N2. The second-order valence-electron chi connectivity index (χ2n) is 6.27. The zero-order valence-corrected chi connectivity index (χ0v) is 12.9.